The van der Waals surface area contributed by atoms with E-state index in [0.29, 0.717) is 18.3 Å². The molecule has 0 aromatic carbocycles. The molecule has 0 bridgehead atoms. The van der Waals surface area contributed by atoms with Crippen molar-refractivity contribution >= 4 is 11.9 Å². The number of carbonyl (C=O) groups excluding carboxylic acids is 2. The van der Waals surface area contributed by atoms with Gasteiger partial charge in [0.1, 0.15) is 0 Å². The van der Waals surface area contributed by atoms with E-state index in [2.05, 4.69) is 20.8 Å². The molecule has 1 amide bonds. The molecule has 0 aromatic rings. The largest absolute Gasteiger partial charge is 0.469 e. The number of carbonyl (C=O) groups is 2. The molecule has 152 valence electrons. The Labute approximate surface area is 162 Å². The molecule has 0 N–H and O–H groups in total. The monoisotopic (exact) mass is 379 g/mol. The predicted molar refractivity (Wildman–Crippen MR) is 101 cm³/mol. The lowest BCUT2D eigenvalue weighted by molar-refractivity contribution is -0.192. The first-order valence-electron chi connectivity index (χ1n) is 10.6. The number of piperidine rings is 1. The Kier molecular flexibility index (Phi) is 4.22. The Morgan fingerprint density at radius 1 is 1.04 bits per heavy atom. The highest BCUT2D eigenvalue weighted by molar-refractivity contribution is 5.82. The van der Waals surface area contributed by atoms with Crippen LogP contribution >= 0.6 is 0 Å². The molecule has 4 aliphatic rings. The van der Waals surface area contributed by atoms with Gasteiger partial charge < -0.3 is 9.64 Å². The Bertz CT molecular complexity index is 668. The molecule has 5 heteroatoms. The molecule has 27 heavy (non-hydrogen) atoms. The molecule has 8 atom stereocenters. The lowest BCUT2D eigenvalue weighted by Gasteiger charge is -2.66. The third-order valence-corrected chi connectivity index (χ3v) is 9.60. The number of methoxy groups -OCH3 is 1. The average molecular weight is 380 g/mol. The van der Waals surface area contributed by atoms with Crippen molar-refractivity contribution in [2.45, 2.75) is 77.9 Å². The number of rotatable bonds is 1. The third kappa shape index (κ3) is 2.32. The molecule has 4 nitrogen and oxygen atoms in total. The highest BCUT2D eigenvalue weighted by atomic mass is 19.1. The summed E-state index contributed by atoms with van der Waals surface area (Å²) in [5, 5.41) is 0. The second-order valence-corrected chi connectivity index (χ2v) is 10.5. The maximum atomic E-state index is 14.6. The van der Waals surface area contributed by atoms with Crippen LogP contribution in [0, 0.1) is 34.0 Å². The van der Waals surface area contributed by atoms with Gasteiger partial charge in [-0.15, -0.1) is 0 Å². The van der Waals surface area contributed by atoms with E-state index in [-0.39, 0.29) is 40.1 Å². The number of amides is 1. The fraction of sp³-hybridized carbons (Fsp3) is 0.909. The maximum Gasteiger partial charge on any atom is 0.309 e. The van der Waals surface area contributed by atoms with E-state index in [1.807, 2.05) is 0 Å². The molecular weight excluding hydrogens is 345 g/mol. The van der Waals surface area contributed by atoms with Crippen LogP contribution < -0.4 is 0 Å². The van der Waals surface area contributed by atoms with Crippen molar-refractivity contribution < 1.29 is 18.7 Å². The average Bonchev–Trinajstić information content (AvgIpc) is 2.97. The maximum absolute atomic E-state index is 14.6. The number of likely N-dealkylation sites (tertiary alicyclic amines) is 1. The van der Waals surface area contributed by atoms with Crippen LogP contribution in [0.15, 0.2) is 0 Å². The topological polar surface area (TPSA) is 46.6 Å². The summed E-state index contributed by atoms with van der Waals surface area (Å²) in [6.07, 6.45) is 4.93. The first kappa shape index (κ1) is 19.2. The van der Waals surface area contributed by atoms with Crippen molar-refractivity contribution in [3.05, 3.63) is 0 Å². The van der Waals surface area contributed by atoms with E-state index in [1.54, 1.807) is 11.9 Å². The zero-order valence-corrected chi connectivity index (χ0v) is 17.4. The third-order valence-electron chi connectivity index (χ3n) is 9.60. The SMILES string of the molecule is COC(=O)[C@H]1CC[C@@H]2[C@]1(C)CCC1[C@@]2(C)CC[C@H]2N(C)C(=O)C(F)C[C@]12C. The zero-order valence-electron chi connectivity index (χ0n) is 17.4. The fourth-order valence-electron chi connectivity index (χ4n) is 8.43. The van der Waals surface area contributed by atoms with Crippen molar-refractivity contribution in [1.82, 2.24) is 4.90 Å². The normalized spacial score (nSPS) is 52.0. The number of alkyl halides is 1. The summed E-state index contributed by atoms with van der Waals surface area (Å²) in [5.74, 6) is 0.445. The number of hydrogen-bond acceptors (Lipinski definition) is 3. The Morgan fingerprint density at radius 3 is 2.33 bits per heavy atom. The number of fused-ring (bicyclic) bond motifs is 5. The van der Waals surface area contributed by atoms with Crippen LogP contribution in [0.2, 0.25) is 0 Å². The van der Waals surface area contributed by atoms with Crippen LogP contribution in [0.5, 0.6) is 0 Å². The van der Waals surface area contributed by atoms with Gasteiger partial charge in [-0.25, -0.2) is 4.39 Å². The molecule has 3 saturated carbocycles. The number of esters is 1. The summed E-state index contributed by atoms with van der Waals surface area (Å²) in [4.78, 5) is 26.4. The van der Waals surface area contributed by atoms with Crippen LogP contribution in [0.3, 0.4) is 0 Å². The van der Waals surface area contributed by atoms with E-state index in [9.17, 15) is 14.0 Å². The summed E-state index contributed by atoms with van der Waals surface area (Å²) in [6.45, 7) is 6.91. The van der Waals surface area contributed by atoms with E-state index in [1.165, 1.54) is 7.11 Å². The molecule has 1 heterocycles. The van der Waals surface area contributed by atoms with Gasteiger partial charge in [0, 0.05) is 13.1 Å². The standard InChI is InChI=1S/C22H34FNO3/c1-20-10-8-16-21(2,15(20)7-6-13(20)19(26)27-5)11-9-17-22(16,3)12-14(23)18(25)24(17)4/h13-17H,6-12H2,1-5H3/t13-,14?,15-,16?,17-,20-,21+,22-/m1/s1. The van der Waals surface area contributed by atoms with Gasteiger partial charge in [-0.1, -0.05) is 20.8 Å². The summed E-state index contributed by atoms with van der Waals surface area (Å²) < 4.78 is 19.8. The van der Waals surface area contributed by atoms with Crippen molar-refractivity contribution in [3.63, 3.8) is 0 Å². The molecule has 0 radical (unpaired) electrons. The summed E-state index contributed by atoms with van der Waals surface area (Å²) in [5.41, 5.74) is -0.102. The fourth-order valence-corrected chi connectivity index (χ4v) is 8.43. The highest BCUT2D eigenvalue weighted by Gasteiger charge is 2.67. The minimum Gasteiger partial charge on any atom is -0.469 e. The predicted octanol–water partition coefficient (Wildman–Crippen LogP) is 3.98. The molecule has 3 aliphatic carbocycles. The van der Waals surface area contributed by atoms with Gasteiger partial charge in [0.25, 0.3) is 5.91 Å². The van der Waals surface area contributed by atoms with Crippen LogP contribution in [0.25, 0.3) is 0 Å². The Hall–Kier alpha value is -1.13. The molecule has 1 saturated heterocycles. The summed E-state index contributed by atoms with van der Waals surface area (Å²) in [7, 11) is 3.28. The van der Waals surface area contributed by atoms with Crippen molar-refractivity contribution in [2.75, 3.05) is 14.2 Å². The Morgan fingerprint density at radius 2 is 1.67 bits per heavy atom. The number of hydrogen-bond donors (Lipinski definition) is 0. The van der Waals surface area contributed by atoms with Gasteiger partial charge in [0.15, 0.2) is 6.17 Å². The van der Waals surface area contributed by atoms with Crippen molar-refractivity contribution in [2.24, 2.45) is 34.0 Å². The first-order chi connectivity index (χ1) is 12.6. The number of ether oxygens (including phenoxy) is 1. The van der Waals surface area contributed by atoms with Gasteiger partial charge in [-0.2, -0.15) is 0 Å². The van der Waals surface area contributed by atoms with Gasteiger partial charge in [-0.3, -0.25) is 9.59 Å². The number of nitrogens with zero attached hydrogens (tertiary/aromatic N) is 1. The highest BCUT2D eigenvalue weighted by Crippen LogP contribution is 2.71. The van der Waals surface area contributed by atoms with E-state index >= 15 is 0 Å². The second-order valence-electron chi connectivity index (χ2n) is 10.5. The van der Waals surface area contributed by atoms with E-state index in [4.69, 9.17) is 4.74 Å². The molecule has 4 rings (SSSR count). The van der Waals surface area contributed by atoms with E-state index < -0.39 is 6.17 Å². The molecule has 1 aliphatic heterocycles. The van der Waals surface area contributed by atoms with Gasteiger partial charge in [0.05, 0.1) is 13.0 Å². The van der Waals surface area contributed by atoms with Gasteiger partial charge in [0.2, 0.25) is 0 Å². The smallest absolute Gasteiger partial charge is 0.309 e. The van der Waals surface area contributed by atoms with Crippen LogP contribution in [0.4, 0.5) is 4.39 Å². The van der Waals surface area contributed by atoms with Gasteiger partial charge in [-0.05, 0) is 73.0 Å². The lowest BCUT2D eigenvalue weighted by Crippen LogP contribution is -2.66. The van der Waals surface area contributed by atoms with Crippen molar-refractivity contribution in [3.8, 4) is 0 Å². The molecular formula is C22H34FNO3. The molecule has 2 unspecified atom stereocenters. The summed E-state index contributed by atoms with van der Waals surface area (Å²) >= 11 is 0. The Balaban J connectivity index is 1.70. The van der Waals surface area contributed by atoms with Crippen molar-refractivity contribution in [1.29, 1.82) is 0 Å². The minimum atomic E-state index is -1.38. The van der Waals surface area contributed by atoms with Crippen LogP contribution in [-0.2, 0) is 14.3 Å². The molecule has 4 fully saturated rings. The van der Waals surface area contributed by atoms with Crippen LogP contribution in [-0.4, -0.2) is 43.1 Å². The molecule has 0 spiro atoms. The summed E-state index contributed by atoms with van der Waals surface area (Å²) in [6, 6.07) is 0.136. The lowest BCUT2D eigenvalue weighted by atomic mass is 9.41. The number of halogens is 1. The van der Waals surface area contributed by atoms with Crippen LogP contribution in [0.1, 0.15) is 65.7 Å². The minimum absolute atomic E-state index is 0.0136. The zero-order chi connectivity index (χ0) is 19.8. The molecule has 0 aromatic heterocycles. The van der Waals surface area contributed by atoms with Gasteiger partial charge >= 0.3 is 5.97 Å². The second kappa shape index (κ2) is 5.93. The first-order valence-corrected chi connectivity index (χ1v) is 10.6. The quantitative estimate of drug-likeness (QED) is 0.648. The van der Waals surface area contributed by atoms with E-state index in [0.717, 1.165) is 38.5 Å².